The van der Waals surface area contributed by atoms with Crippen LogP contribution < -0.4 is 10.1 Å². The minimum atomic E-state index is 0.871. The molecule has 2 heterocycles. The van der Waals surface area contributed by atoms with E-state index in [1.165, 1.54) is 33.5 Å². The fraction of sp³-hybridized carbons (Fsp3) is 0.357. The number of anilines is 1. The van der Waals surface area contributed by atoms with Gasteiger partial charge in [-0.25, -0.2) is 4.98 Å². The number of hydrogen-bond donors (Lipinski definition) is 1. The predicted molar refractivity (Wildman–Crippen MR) is 134 cm³/mol. The van der Waals surface area contributed by atoms with Crippen molar-refractivity contribution in [2.24, 2.45) is 0 Å². The second-order valence-electron chi connectivity index (χ2n) is 9.07. The highest BCUT2D eigenvalue weighted by atomic mass is 16.5. The molecular formula is C28H32N4O. The number of nitrogens with one attached hydrogen (secondary N) is 1. The molecule has 0 aliphatic heterocycles. The number of benzene rings is 2. The summed E-state index contributed by atoms with van der Waals surface area (Å²) in [5.74, 6) is 1.99. The topological polar surface area (TPSA) is 51.5 Å². The van der Waals surface area contributed by atoms with Gasteiger partial charge in [0.15, 0.2) is 5.65 Å². The normalized spacial score (nSPS) is 12.8. The predicted octanol–water partition coefficient (Wildman–Crippen LogP) is 5.86. The molecule has 1 aliphatic rings. The Morgan fingerprint density at radius 1 is 1.03 bits per heavy atom. The molecular weight excluding hydrogens is 408 g/mol. The number of aromatic nitrogens is 3. The largest absolute Gasteiger partial charge is 0.497 e. The summed E-state index contributed by atoms with van der Waals surface area (Å²) in [5.41, 5.74) is 10.7. The first-order chi connectivity index (χ1) is 16.1. The highest BCUT2D eigenvalue weighted by Gasteiger charge is 2.24. The zero-order valence-corrected chi connectivity index (χ0v) is 20.0. The molecule has 5 nitrogen and oxygen atoms in total. The summed E-state index contributed by atoms with van der Waals surface area (Å²) in [4.78, 5) is 5.11. The Bertz CT molecular complexity index is 1320. The first-order valence-electron chi connectivity index (χ1n) is 11.9. The van der Waals surface area contributed by atoms with E-state index in [1.807, 2.05) is 10.6 Å². The van der Waals surface area contributed by atoms with Crippen LogP contribution in [-0.4, -0.2) is 28.3 Å². The molecule has 1 aliphatic carbocycles. The Morgan fingerprint density at radius 2 is 1.88 bits per heavy atom. The average Bonchev–Trinajstić information content (AvgIpc) is 3.41. The zero-order valence-electron chi connectivity index (χ0n) is 20.0. The van der Waals surface area contributed by atoms with Crippen LogP contribution in [0.25, 0.3) is 16.8 Å². The molecule has 5 heteroatoms. The molecule has 2 aromatic carbocycles. The Labute approximate surface area is 195 Å². The van der Waals surface area contributed by atoms with Crippen molar-refractivity contribution in [3.63, 3.8) is 0 Å². The zero-order chi connectivity index (χ0) is 22.9. The summed E-state index contributed by atoms with van der Waals surface area (Å²) in [5, 5.41) is 8.71. The standard InChI is InChI=1S/C28H32N4O/c1-18-9-5-6-10-21(18)11-8-16-29-27-24-12-7-13-25(24)30-28-26(20(3)31-32(27)28)23-15-14-22(33-4)17-19(23)2/h5-6,9-10,14-15,17,29H,7-8,11-13,16H2,1-4H3. The molecule has 0 saturated heterocycles. The van der Waals surface area contributed by atoms with Crippen molar-refractivity contribution in [2.45, 2.75) is 52.9 Å². The SMILES string of the molecule is COc1ccc(-c2c(C)nn3c(NCCCc4ccccc4C)c4c(nc23)CCC4)c(C)c1. The minimum Gasteiger partial charge on any atom is -0.497 e. The number of hydrogen-bond acceptors (Lipinski definition) is 4. The first-order valence-corrected chi connectivity index (χ1v) is 11.9. The number of rotatable bonds is 7. The molecule has 0 atom stereocenters. The van der Waals surface area contributed by atoms with E-state index in [4.69, 9.17) is 14.8 Å². The lowest BCUT2D eigenvalue weighted by molar-refractivity contribution is 0.414. The van der Waals surface area contributed by atoms with E-state index in [2.05, 4.69) is 62.5 Å². The minimum absolute atomic E-state index is 0.871. The lowest BCUT2D eigenvalue weighted by Gasteiger charge is -2.14. The van der Waals surface area contributed by atoms with Gasteiger partial charge in [0.05, 0.1) is 12.8 Å². The molecule has 33 heavy (non-hydrogen) atoms. The van der Waals surface area contributed by atoms with Crippen molar-refractivity contribution in [1.82, 2.24) is 14.6 Å². The third kappa shape index (κ3) is 3.97. The average molecular weight is 441 g/mol. The molecule has 0 amide bonds. The van der Waals surface area contributed by atoms with Gasteiger partial charge in [0, 0.05) is 23.4 Å². The van der Waals surface area contributed by atoms with Gasteiger partial charge < -0.3 is 10.1 Å². The smallest absolute Gasteiger partial charge is 0.165 e. The summed E-state index contributed by atoms with van der Waals surface area (Å²) in [6, 6.07) is 14.9. The molecule has 0 radical (unpaired) electrons. The van der Waals surface area contributed by atoms with Crippen molar-refractivity contribution in [3.05, 3.63) is 76.1 Å². The summed E-state index contributed by atoms with van der Waals surface area (Å²) >= 11 is 0. The van der Waals surface area contributed by atoms with Gasteiger partial charge in [-0.15, -0.1) is 0 Å². The number of methoxy groups -OCH3 is 1. The van der Waals surface area contributed by atoms with E-state index >= 15 is 0 Å². The molecule has 1 N–H and O–H groups in total. The highest BCUT2D eigenvalue weighted by Crippen LogP contribution is 2.36. The molecule has 5 rings (SSSR count). The maximum absolute atomic E-state index is 5.41. The van der Waals surface area contributed by atoms with Crippen LogP contribution in [0.3, 0.4) is 0 Å². The van der Waals surface area contributed by atoms with Crippen molar-refractivity contribution in [2.75, 3.05) is 19.0 Å². The van der Waals surface area contributed by atoms with Crippen molar-refractivity contribution in [1.29, 1.82) is 0 Å². The molecule has 2 aromatic heterocycles. The second kappa shape index (κ2) is 8.89. The third-order valence-corrected chi connectivity index (χ3v) is 6.84. The lowest BCUT2D eigenvalue weighted by atomic mass is 10.0. The quantitative estimate of drug-likeness (QED) is 0.366. The van der Waals surface area contributed by atoms with Crippen LogP contribution in [0.4, 0.5) is 5.82 Å². The highest BCUT2D eigenvalue weighted by molar-refractivity contribution is 5.83. The van der Waals surface area contributed by atoms with Crippen molar-refractivity contribution < 1.29 is 4.74 Å². The van der Waals surface area contributed by atoms with Gasteiger partial charge >= 0.3 is 0 Å². The Hall–Kier alpha value is -3.34. The maximum Gasteiger partial charge on any atom is 0.165 e. The van der Waals surface area contributed by atoms with E-state index in [-0.39, 0.29) is 0 Å². The van der Waals surface area contributed by atoms with Gasteiger partial charge in [0.1, 0.15) is 11.6 Å². The van der Waals surface area contributed by atoms with Crippen LogP contribution in [0.5, 0.6) is 5.75 Å². The fourth-order valence-corrected chi connectivity index (χ4v) is 5.05. The second-order valence-corrected chi connectivity index (χ2v) is 9.07. The number of nitrogens with zero attached hydrogens (tertiary/aromatic N) is 3. The summed E-state index contributed by atoms with van der Waals surface area (Å²) in [7, 11) is 1.71. The van der Waals surface area contributed by atoms with Gasteiger partial charge in [-0.3, -0.25) is 0 Å². The van der Waals surface area contributed by atoms with Gasteiger partial charge in [-0.05, 0) is 87.3 Å². The molecule has 0 fully saturated rings. The Balaban J connectivity index is 1.49. The molecule has 4 aromatic rings. The van der Waals surface area contributed by atoms with E-state index in [9.17, 15) is 0 Å². The van der Waals surface area contributed by atoms with Crippen molar-refractivity contribution >= 4 is 11.5 Å². The van der Waals surface area contributed by atoms with Crippen molar-refractivity contribution in [3.8, 4) is 16.9 Å². The van der Waals surface area contributed by atoms with Crippen LogP contribution in [-0.2, 0) is 19.3 Å². The molecule has 0 unspecified atom stereocenters. The first kappa shape index (κ1) is 21.5. The van der Waals surface area contributed by atoms with Gasteiger partial charge in [0.25, 0.3) is 0 Å². The number of ether oxygens (including phenoxy) is 1. The van der Waals surface area contributed by atoms with E-state index in [1.54, 1.807) is 7.11 Å². The molecule has 0 bridgehead atoms. The van der Waals surface area contributed by atoms with E-state index in [0.717, 1.165) is 67.1 Å². The maximum atomic E-state index is 5.41. The van der Waals surface area contributed by atoms with E-state index < -0.39 is 0 Å². The van der Waals surface area contributed by atoms with E-state index in [0.29, 0.717) is 0 Å². The summed E-state index contributed by atoms with van der Waals surface area (Å²) in [6.07, 6.45) is 5.41. The Morgan fingerprint density at radius 3 is 2.67 bits per heavy atom. The van der Waals surface area contributed by atoms with Crippen LogP contribution in [0.15, 0.2) is 42.5 Å². The summed E-state index contributed by atoms with van der Waals surface area (Å²) in [6.45, 7) is 7.31. The lowest BCUT2D eigenvalue weighted by Crippen LogP contribution is -2.12. The van der Waals surface area contributed by atoms with Gasteiger partial charge in [0.2, 0.25) is 0 Å². The summed E-state index contributed by atoms with van der Waals surface area (Å²) < 4.78 is 7.46. The number of fused-ring (bicyclic) bond motifs is 2. The number of aryl methyl sites for hydroxylation is 5. The third-order valence-electron chi connectivity index (χ3n) is 6.84. The van der Waals surface area contributed by atoms with Crippen LogP contribution in [0.1, 0.15) is 46.5 Å². The molecule has 0 spiro atoms. The van der Waals surface area contributed by atoms with Crippen LogP contribution >= 0.6 is 0 Å². The monoisotopic (exact) mass is 440 g/mol. The van der Waals surface area contributed by atoms with Crippen LogP contribution in [0, 0.1) is 20.8 Å². The van der Waals surface area contributed by atoms with Crippen LogP contribution in [0.2, 0.25) is 0 Å². The van der Waals surface area contributed by atoms with Gasteiger partial charge in [-0.1, -0.05) is 30.3 Å². The molecule has 170 valence electrons. The molecule has 0 saturated carbocycles. The fourth-order valence-electron chi connectivity index (χ4n) is 5.05. The van der Waals surface area contributed by atoms with Gasteiger partial charge in [-0.2, -0.15) is 9.61 Å². The Kier molecular flexibility index (Phi) is 5.79.